The van der Waals surface area contributed by atoms with Crippen molar-refractivity contribution in [3.8, 4) is 0 Å². The van der Waals surface area contributed by atoms with E-state index < -0.39 is 0 Å². The summed E-state index contributed by atoms with van der Waals surface area (Å²) in [6.45, 7) is 49.7. The molecule has 0 spiro atoms. The molecule has 7 nitrogen and oxygen atoms in total. The van der Waals surface area contributed by atoms with Crippen molar-refractivity contribution in [2.75, 3.05) is 21.3 Å². The molecule has 8 aliphatic carbocycles. The van der Waals surface area contributed by atoms with Crippen LogP contribution in [0.3, 0.4) is 0 Å². The Morgan fingerprint density at radius 2 is 0.517 bits per heavy atom. The van der Waals surface area contributed by atoms with Gasteiger partial charge in [0.25, 0.3) is 0 Å². The molecule has 0 saturated heterocycles. The number of aliphatic hydroxyl groups is 4. The van der Waals surface area contributed by atoms with Crippen LogP contribution < -0.4 is 0 Å². The van der Waals surface area contributed by atoms with Crippen LogP contribution in [0.25, 0.3) is 0 Å². The molecule has 7 heteroatoms. The van der Waals surface area contributed by atoms with Gasteiger partial charge in [-0.15, -0.1) is 0 Å². The average molecular weight is 1230 g/mol. The quantitative estimate of drug-likeness (QED) is 0.0855. The number of hydrogen-bond acceptors (Lipinski definition) is 7. The summed E-state index contributed by atoms with van der Waals surface area (Å²) in [5, 5.41) is 41.6. The van der Waals surface area contributed by atoms with Crippen LogP contribution in [0.4, 0.5) is 0 Å². The average Bonchev–Trinajstić information content (AvgIpc) is 1.82. The standard InChI is InChI=1S/3C20H38O2.C20H38O/c3*1-14(11-13-19(3,4)22-6)15(2)16-9-10-17-18(21)8-7-12-20(16,17)5;1-14(11-13-19(3,4)5)15(2)16-9-10-17-18(21)8-7-12-20(16,17)6/h3*14-18,21H,7-13H2,1-6H3;14-18,21H,7-13H2,1-6H3/t14-,15+,16?,17?,18?,20+;14-,15+,16?,17?,18?,20-;14-,15-,16?,17?,18?,20+;14-,15-,16?,17?,18?,20-/m0101/s1. The summed E-state index contributed by atoms with van der Waals surface area (Å²) < 4.78 is 16.7. The van der Waals surface area contributed by atoms with Crippen molar-refractivity contribution in [2.45, 2.75) is 366 Å². The van der Waals surface area contributed by atoms with Gasteiger partial charge in [-0.3, -0.25) is 0 Å². The van der Waals surface area contributed by atoms with Crippen molar-refractivity contribution in [1.82, 2.24) is 0 Å². The fourth-order valence-electron chi connectivity index (χ4n) is 21.5. The highest BCUT2D eigenvalue weighted by atomic mass is 16.5. The topological polar surface area (TPSA) is 109 Å². The van der Waals surface area contributed by atoms with E-state index >= 15 is 0 Å². The molecule has 0 heterocycles. The summed E-state index contributed by atoms with van der Waals surface area (Å²) >= 11 is 0. The minimum Gasteiger partial charge on any atom is -0.393 e. The number of ether oxygens (including phenoxy) is 3. The van der Waals surface area contributed by atoms with Crippen LogP contribution in [0.5, 0.6) is 0 Å². The molecule has 8 aliphatic rings. The van der Waals surface area contributed by atoms with E-state index in [0.29, 0.717) is 50.7 Å². The highest BCUT2D eigenvalue weighted by molar-refractivity contribution is 5.06. The number of rotatable bonds is 22. The third-order valence-electron chi connectivity index (χ3n) is 29.4. The number of fused-ring (bicyclic) bond motifs is 4. The van der Waals surface area contributed by atoms with E-state index in [-0.39, 0.29) is 41.2 Å². The second-order valence-corrected chi connectivity index (χ2v) is 37.0. The Bertz CT molecular complexity index is 1830. The lowest BCUT2D eigenvalue weighted by molar-refractivity contribution is -0.0353. The Hall–Kier alpha value is -0.280. The number of hydrogen-bond donors (Lipinski definition) is 4. The normalized spacial score (nSPS) is 38.9. The van der Waals surface area contributed by atoms with Gasteiger partial charge in [0.15, 0.2) is 0 Å². The molecular formula is C80H152O7. The summed E-state index contributed by atoms with van der Waals surface area (Å²) in [6.07, 6.45) is 34.2. The Balaban J connectivity index is 0.000000212. The summed E-state index contributed by atoms with van der Waals surface area (Å²) in [4.78, 5) is 0. The largest absolute Gasteiger partial charge is 0.393 e. The fraction of sp³-hybridized carbons (Fsp3) is 1.00. The van der Waals surface area contributed by atoms with E-state index in [2.05, 4.69) is 145 Å². The van der Waals surface area contributed by atoms with Crippen molar-refractivity contribution in [3.63, 3.8) is 0 Å². The summed E-state index contributed by atoms with van der Waals surface area (Å²) in [7, 11) is 5.46. The van der Waals surface area contributed by atoms with E-state index in [9.17, 15) is 20.4 Å². The Morgan fingerprint density at radius 1 is 0.322 bits per heavy atom. The molecule has 24 atom stereocenters. The molecule has 8 rings (SSSR count). The number of aliphatic hydroxyl groups excluding tert-OH is 4. The molecule has 8 fully saturated rings. The third kappa shape index (κ3) is 19.2. The molecule has 12 unspecified atom stereocenters. The maximum absolute atomic E-state index is 10.4. The van der Waals surface area contributed by atoms with Gasteiger partial charge < -0.3 is 34.6 Å². The summed E-state index contributed by atoms with van der Waals surface area (Å²) in [5.41, 5.74) is 1.99. The summed E-state index contributed by atoms with van der Waals surface area (Å²) in [6, 6.07) is 0. The zero-order valence-corrected chi connectivity index (χ0v) is 62.4. The Labute approximate surface area is 541 Å². The van der Waals surface area contributed by atoms with Crippen molar-refractivity contribution in [3.05, 3.63) is 0 Å². The van der Waals surface area contributed by atoms with Crippen molar-refractivity contribution in [2.24, 2.45) is 122 Å². The molecule has 0 aromatic heterocycles. The van der Waals surface area contributed by atoms with E-state index in [0.717, 1.165) is 116 Å². The first-order valence-corrected chi connectivity index (χ1v) is 37.7. The van der Waals surface area contributed by atoms with Gasteiger partial charge in [0.05, 0.1) is 41.2 Å². The van der Waals surface area contributed by atoms with Crippen LogP contribution in [0.1, 0.15) is 325 Å². The first-order chi connectivity index (χ1) is 40.3. The predicted molar refractivity (Wildman–Crippen MR) is 370 cm³/mol. The van der Waals surface area contributed by atoms with Gasteiger partial charge in [0.2, 0.25) is 0 Å². The molecule has 0 aliphatic heterocycles. The van der Waals surface area contributed by atoms with Crippen LogP contribution in [-0.2, 0) is 14.2 Å². The van der Waals surface area contributed by atoms with E-state index in [1.807, 2.05) is 21.3 Å². The minimum absolute atomic E-state index is 0.00285. The maximum atomic E-state index is 10.4. The maximum Gasteiger partial charge on any atom is 0.0622 e. The SMILES string of the molecule is COC(C)(C)CC[C@@H](C)[C@H](C)C1CCC2C(O)CCC[C@@]21C.COC(C)(C)CC[C@H](C)[C@@H](C)C1CCC2C(O)CCC[C@@]21C.COC(C)(C)CC[C@H](C)[C@H](C)C1CCC2C(O)CCC[C@@]21C.C[C@H](CCC(C)(C)C)[C@@H](C)C1CCC2C(O)CCC[C@@]21C. The van der Waals surface area contributed by atoms with Crippen LogP contribution in [0.15, 0.2) is 0 Å². The van der Waals surface area contributed by atoms with Gasteiger partial charge in [-0.2, -0.15) is 0 Å². The van der Waals surface area contributed by atoms with Gasteiger partial charge in [0.1, 0.15) is 0 Å². The predicted octanol–water partition coefficient (Wildman–Crippen LogP) is 20.8. The lowest BCUT2D eigenvalue weighted by Crippen LogP contribution is -2.42. The molecule has 0 aromatic carbocycles. The van der Waals surface area contributed by atoms with E-state index in [1.165, 1.54) is 135 Å². The smallest absolute Gasteiger partial charge is 0.0622 e. The zero-order valence-electron chi connectivity index (χ0n) is 62.4. The monoisotopic (exact) mass is 1230 g/mol. The second kappa shape index (κ2) is 32.0. The van der Waals surface area contributed by atoms with Crippen LogP contribution >= 0.6 is 0 Å². The minimum atomic E-state index is -0.0429. The Morgan fingerprint density at radius 3 is 0.701 bits per heavy atom. The van der Waals surface area contributed by atoms with Gasteiger partial charge in [-0.25, -0.2) is 0 Å². The second-order valence-electron chi connectivity index (χ2n) is 37.0. The van der Waals surface area contributed by atoms with Crippen LogP contribution in [-0.4, -0.2) is 83.0 Å². The third-order valence-corrected chi connectivity index (χ3v) is 29.4. The van der Waals surface area contributed by atoms with Crippen molar-refractivity contribution in [1.29, 1.82) is 0 Å². The van der Waals surface area contributed by atoms with Gasteiger partial charge in [-0.05, 0) is 317 Å². The lowest BCUT2D eigenvalue weighted by atomic mass is 9.60. The first-order valence-electron chi connectivity index (χ1n) is 37.7. The molecule has 87 heavy (non-hydrogen) atoms. The van der Waals surface area contributed by atoms with Crippen LogP contribution in [0, 0.1) is 122 Å². The molecule has 0 aromatic rings. The molecule has 0 amide bonds. The molecule has 514 valence electrons. The van der Waals surface area contributed by atoms with Gasteiger partial charge in [0, 0.05) is 21.3 Å². The fourth-order valence-corrected chi connectivity index (χ4v) is 21.5. The van der Waals surface area contributed by atoms with E-state index in [1.54, 1.807) is 0 Å². The summed E-state index contributed by atoms with van der Waals surface area (Å²) in [5.74, 6) is 11.4. The number of methoxy groups -OCH3 is 3. The molecule has 0 radical (unpaired) electrons. The molecular weight excluding hydrogens is 1070 g/mol. The van der Waals surface area contributed by atoms with Crippen molar-refractivity contribution >= 4 is 0 Å². The van der Waals surface area contributed by atoms with Crippen molar-refractivity contribution < 1.29 is 34.6 Å². The molecule has 0 bridgehead atoms. The highest BCUT2D eigenvalue weighted by Crippen LogP contribution is 2.63. The highest BCUT2D eigenvalue weighted by Gasteiger charge is 2.56. The molecule has 8 saturated carbocycles. The zero-order chi connectivity index (χ0) is 65.5. The Kier molecular flexibility index (Phi) is 28.5. The van der Waals surface area contributed by atoms with Crippen LogP contribution in [0.2, 0.25) is 0 Å². The van der Waals surface area contributed by atoms with Gasteiger partial charge >= 0.3 is 0 Å². The first kappa shape index (κ1) is 77.4. The van der Waals surface area contributed by atoms with Gasteiger partial charge in [-0.1, -0.05) is 130 Å². The molecule has 4 N–H and O–H groups in total. The lowest BCUT2D eigenvalue weighted by Gasteiger charge is -2.46. The van der Waals surface area contributed by atoms with E-state index in [4.69, 9.17) is 14.2 Å².